The van der Waals surface area contributed by atoms with Crippen molar-refractivity contribution < 1.29 is 10.0 Å². The fourth-order valence-corrected chi connectivity index (χ4v) is 1.94. The fourth-order valence-electron chi connectivity index (χ4n) is 1.94. The Morgan fingerprint density at radius 2 is 2.11 bits per heavy atom. The topological polar surface area (TPSA) is 108 Å². The highest BCUT2D eigenvalue weighted by Crippen LogP contribution is 2.05. The maximum Gasteiger partial charge on any atom is 0.274 e. The maximum absolute atomic E-state index is 12.1. The smallest absolute Gasteiger partial charge is 0.274 e. The van der Waals surface area contributed by atoms with Crippen LogP contribution in [0.3, 0.4) is 0 Å². The summed E-state index contributed by atoms with van der Waals surface area (Å²) in [6.45, 7) is 2.95. The molecule has 1 aromatic rings. The van der Waals surface area contributed by atoms with E-state index in [1.54, 1.807) is 4.90 Å². The molecule has 1 fully saturated rings. The Hall–Kier alpha value is -2.22. The lowest BCUT2D eigenvalue weighted by molar-refractivity contribution is 0.0647. The summed E-state index contributed by atoms with van der Waals surface area (Å²) in [5.41, 5.74) is 5.80. The van der Waals surface area contributed by atoms with Crippen LogP contribution < -0.4 is 5.73 Å². The maximum atomic E-state index is 12.1. The van der Waals surface area contributed by atoms with E-state index >= 15 is 0 Å². The van der Waals surface area contributed by atoms with Crippen molar-refractivity contribution in [2.75, 3.05) is 32.7 Å². The molecule has 0 radical (unpaired) electrons. The van der Waals surface area contributed by atoms with E-state index in [0.717, 1.165) is 0 Å². The van der Waals surface area contributed by atoms with Crippen LogP contribution in [0.4, 0.5) is 0 Å². The third-order valence-electron chi connectivity index (χ3n) is 2.96. The fraction of sp³-hybridized carbons (Fsp3) is 0.455. The van der Waals surface area contributed by atoms with Gasteiger partial charge in [-0.25, -0.2) is 4.98 Å². The molecule has 0 spiro atoms. The quantitative estimate of drug-likeness (QED) is 0.313. The van der Waals surface area contributed by atoms with Crippen LogP contribution in [-0.4, -0.2) is 69.4 Å². The molecule has 0 saturated carbocycles. The molecule has 8 heteroatoms. The van der Waals surface area contributed by atoms with E-state index in [2.05, 4.69) is 15.1 Å². The van der Waals surface area contributed by atoms with E-state index in [-0.39, 0.29) is 11.7 Å². The number of amides is 1. The molecule has 0 aromatic carbocycles. The minimum absolute atomic E-state index is 0.114. The van der Waals surface area contributed by atoms with Gasteiger partial charge in [0.2, 0.25) is 0 Å². The van der Waals surface area contributed by atoms with Crippen LogP contribution in [0.2, 0.25) is 0 Å². The number of rotatable bonds is 3. The molecule has 1 aliphatic heterocycles. The monoisotopic (exact) mass is 264 g/mol. The van der Waals surface area contributed by atoms with Gasteiger partial charge < -0.3 is 15.8 Å². The zero-order valence-electron chi connectivity index (χ0n) is 10.4. The molecule has 0 atom stereocenters. The first-order valence-corrected chi connectivity index (χ1v) is 5.94. The van der Waals surface area contributed by atoms with Gasteiger partial charge in [0.1, 0.15) is 5.69 Å². The van der Waals surface area contributed by atoms with Crippen LogP contribution in [0.15, 0.2) is 23.7 Å². The van der Waals surface area contributed by atoms with Gasteiger partial charge in [-0.05, 0) is 0 Å². The summed E-state index contributed by atoms with van der Waals surface area (Å²) in [5, 5.41) is 11.4. The number of oxime groups is 1. The molecule has 0 bridgehead atoms. The molecule has 1 saturated heterocycles. The molecule has 0 aliphatic carbocycles. The molecule has 1 aliphatic rings. The molecule has 0 unspecified atom stereocenters. The molecule has 2 rings (SSSR count). The Morgan fingerprint density at radius 3 is 2.68 bits per heavy atom. The molecule has 2 heterocycles. The summed E-state index contributed by atoms with van der Waals surface area (Å²) < 4.78 is 0. The molecule has 1 amide bonds. The highest BCUT2D eigenvalue weighted by molar-refractivity contribution is 5.92. The average Bonchev–Trinajstić information content (AvgIpc) is 2.48. The van der Waals surface area contributed by atoms with Gasteiger partial charge in [0.15, 0.2) is 5.84 Å². The Balaban J connectivity index is 1.88. The van der Waals surface area contributed by atoms with Crippen molar-refractivity contribution in [1.29, 1.82) is 0 Å². The van der Waals surface area contributed by atoms with Gasteiger partial charge in [-0.2, -0.15) is 0 Å². The van der Waals surface area contributed by atoms with Crippen molar-refractivity contribution >= 4 is 11.7 Å². The van der Waals surface area contributed by atoms with Crippen molar-refractivity contribution in [3.63, 3.8) is 0 Å². The van der Waals surface area contributed by atoms with Crippen LogP contribution in [0, 0.1) is 0 Å². The number of piperazine rings is 1. The van der Waals surface area contributed by atoms with Gasteiger partial charge in [0.05, 0.1) is 12.7 Å². The second-order valence-electron chi connectivity index (χ2n) is 4.25. The van der Waals surface area contributed by atoms with Crippen molar-refractivity contribution in [3.8, 4) is 0 Å². The van der Waals surface area contributed by atoms with Gasteiger partial charge in [-0.3, -0.25) is 14.7 Å². The minimum atomic E-state index is -0.114. The van der Waals surface area contributed by atoms with Crippen molar-refractivity contribution in [2.45, 2.75) is 0 Å². The lowest BCUT2D eigenvalue weighted by atomic mass is 10.2. The largest absolute Gasteiger partial charge is 0.409 e. The first kappa shape index (κ1) is 13.2. The van der Waals surface area contributed by atoms with E-state index in [1.807, 2.05) is 4.90 Å². The van der Waals surface area contributed by atoms with Gasteiger partial charge in [-0.15, -0.1) is 0 Å². The van der Waals surface area contributed by atoms with Gasteiger partial charge >= 0.3 is 0 Å². The van der Waals surface area contributed by atoms with Gasteiger partial charge in [-0.1, -0.05) is 5.16 Å². The van der Waals surface area contributed by atoms with Crippen LogP contribution >= 0.6 is 0 Å². The first-order chi connectivity index (χ1) is 9.20. The molecular formula is C11H16N6O2. The molecule has 8 nitrogen and oxygen atoms in total. The Bertz CT molecular complexity index is 456. The zero-order valence-corrected chi connectivity index (χ0v) is 10.4. The number of nitrogens with zero attached hydrogens (tertiary/aromatic N) is 5. The third kappa shape index (κ3) is 3.38. The standard InChI is InChI=1S/C11H16N6O2/c12-10(15-19)8-16-3-5-17(6-4-16)11(18)9-7-13-1-2-14-9/h1-2,7,19H,3-6,8H2,(H2,12,15). The number of hydrogen-bond donors (Lipinski definition) is 2. The van der Waals surface area contributed by atoms with E-state index in [1.165, 1.54) is 18.6 Å². The highest BCUT2D eigenvalue weighted by atomic mass is 16.4. The second-order valence-corrected chi connectivity index (χ2v) is 4.25. The Kier molecular flexibility index (Phi) is 4.24. The SMILES string of the molecule is NC(CN1CCN(C(=O)c2cnccn2)CC1)=NO. The summed E-state index contributed by atoms with van der Waals surface area (Å²) in [6, 6.07) is 0. The van der Waals surface area contributed by atoms with E-state index in [9.17, 15) is 4.79 Å². The highest BCUT2D eigenvalue weighted by Gasteiger charge is 2.23. The average molecular weight is 264 g/mol. The molecule has 1 aromatic heterocycles. The van der Waals surface area contributed by atoms with Crippen molar-refractivity contribution in [2.24, 2.45) is 10.9 Å². The van der Waals surface area contributed by atoms with Crippen LogP contribution in [0.5, 0.6) is 0 Å². The number of carbonyl (C=O) groups excluding carboxylic acids is 1. The summed E-state index contributed by atoms with van der Waals surface area (Å²) in [7, 11) is 0. The van der Waals surface area contributed by atoms with Crippen LogP contribution in [-0.2, 0) is 0 Å². The summed E-state index contributed by atoms with van der Waals surface area (Å²) in [4.78, 5) is 23.7. The predicted octanol–water partition coefficient (Wildman–Crippen LogP) is -1.02. The predicted molar refractivity (Wildman–Crippen MR) is 67.8 cm³/mol. The third-order valence-corrected chi connectivity index (χ3v) is 2.96. The number of nitrogens with two attached hydrogens (primary N) is 1. The lowest BCUT2D eigenvalue weighted by Gasteiger charge is -2.34. The second kappa shape index (κ2) is 6.10. The van der Waals surface area contributed by atoms with Crippen molar-refractivity contribution in [3.05, 3.63) is 24.3 Å². The van der Waals surface area contributed by atoms with E-state index < -0.39 is 0 Å². The number of hydrogen-bond acceptors (Lipinski definition) is 6. The Labute approximate surface area is 110 Å². The van der Waals surface area contributed by atoms with E-state index in [4.69, 9.17) is 10.9 Å². The van der Waals surface area contributed by atoms with E-state index in [0.29, 0.717) is 38.4 Å². The van der Waals surface area contributed by atoms with Gasteiger partial charge in [0, 0.05) is 38.6 Å². The number of carbonyl (C=O) groups is 1. The number of aromatic nitrogens is 2. The normalized spacial score (nSPS) is 17.5. The first-order valence-electron chi connectivity index (χ1n) is 5.94. The van der Waals surface area contributed by atoms with Crippen molar-refractivity contribution in [1.82, 2.24) is 19.8 Å². The number of amidine groups is 1. The zero-order chi connectivity index (χ0) is 13.7. The molecular weight excluding hydrogens is 248 g/mol. The minimum Gasteiger partial charge on any atom is -0.409 e. The molecule has 102 valence electrons. The summed E-state index contributed by atoms with van der Waals surface area (Å²) >= 11 is 0. The van der Waals surface area contributed by atoms with Gasteiger partial charge in [0.25, 0.3) is 5.91 Å². The molecule has 19 heavy (non-hydrogen) atoms. The summed E-state index contributed by atoms with van der Waals surface area (Å²) in [5.74, 6) is 0.0604. The van der Waals surface area contributed by atoms with Crippen LogP contribution in [0.25, 0.3) is 0 Å². The van der Waals surface area contributed by atoms with Crippen LogP contribution in [0.1, 0.15) is 10.5 Å². The molecule has 3 N–H and O–H groups in total. The Morgan fingerprint density at radius 1 is 1.37 bits per heavy atom. The lowest BCUT2D eigenvalue weighted by Crippen LogP contribution is -2.50. The summed E-state index contributed by atoms with van der Waals surface area (Å²) in [6.07, 6.45) is 4.50.